The lowest BCUT2D eigenvalue weighted by atomic mass is 10.4. The molecule has 0 saturated carbocycles. The van der Waals surface area contributed by atoms with Gasteiger partial charge >= 0.3 is 8.80 Å². The largest absolute Gasteiger partial charge is 0.500 e. The van der Waals surface area contributed by atoms with Crippen molar-refractivity contribution in [1.29, 1.82) is 0 Å². The Morgan fingerprint density at radius 3 is 1.72 bits per heavy atom. The van der Waals surface area contributed by atoms with E-state index in [1.165, 1.54) is 11.8 Å². The minimum atomic E-state index is -2.65. The lowest BCUT2D eigenvalue weighted by Crippen LogP contribution is -2.46. The predicted octanol–water partition coefficient (Wildman–Crippen LogP) is 4.67. The lowest BCUT2D eigenvalue weighted by Gasteiger charge is -2.30. The molecule has 0 saturated heterocycles. The molecule has 0 aromatic rings. The minimum Gasteiger partial charge on any atom is -0.376 e. The Bertz CT molecular complexity index is 291. The molecule has 0 unspecified atom stereocenters. The van der Waals surface area contributed by atoms with Crippen molar-refractivity contribution < 1.29 is 22.8 Å². The van der Waals surface area contributed by atoms with Gasteiger partial charge < -0.3 is 18.0 Å². The summed E-state index contributed by atoms with van der Waals surface area (Å²) < 4.78 is 23.4. The molecule has 5 nitrogen and oxygen atoms in total. The lowest BCUT2D eigenvalue weighted by molar-refractivity contribution is -0.114. The monoisotopic (exact) mass is 394 g/mol. The van der Waals surface area contributed by atoms with Crippen LogP contribution in [0.4, 0.5) is 0 Å². The third kappa shape index (κ3) is 13.9. The average Bonchev–Trinajstić information content (AvgIpc) is 2.60. The van der Waals surface area contributed by atoms with E-state index < -0.39 is 8.80 Å². The van der Waals surface area contributed by atoms with Gasteiger partial charge in [0.15, 0.2) is 0 Å². The first-order valence-corrected chi connectivity index (χ1v) is 12.6. The number of hydrogen-bond donors (Lipinski definition) is 0. The van der Waals surface area contributed by atoms with Crippen LogP contribution in [0.2, 0.25) is 6.04 Å². The van der Waals surface area contributed by atoms with E-state index in [9.17, 15) is 4.79 Å². The second-order valence-corrected chi connectivity index (χ2v) is 9.93. The summed E-state index contributed by atoms with van der Waals surface area (Å²) >= 11 is 1.32. The Morgan fingerprint density at radius 2 is 1.32 bits per heavy atom. The molecule has 0 heterocycles. The zero-order valence-electron chi connectivity index (χ0n) is 16.6. The van der Waals surface area contributed by atoms with Crippen LogP contribution in [0.1, 0.15) is 65.7 Å². The Balaban J connectivity index is 4.60. The molecule has 0 aromatic carbocycles. The number of rotatable bonds is 18. The molecule has 0 fully saturated rings. The molecule has 25 heavy (non-hydrogen) atoms. The first kappa shape index (κ1) is 25.1. The number of thioether (sulfide) groups is 1. The number of carbonyl (C=O) groups excluding carboxylic acids is 1. The van der Waals surface area contributed by atoms with Crippen molar-refractivity contribution in [2.45, 2.75) is 71.8 Å². The van der Waals surface area contributed by atoms with Gasteiger partial charge in [-0.3, -0.25) is 4.79 Å². The van der Waals surface area contributed by atoms with Crippen molar-refractivity contribution >= 4 is 25.7 Å². The van der Waals surface area contributed by atoms with Crippen molar-refractivity contribution in [2.24, 2.45) is 0 Å². The van der Waals surface area contributed by atoms with Crippen LogP contribution in [0, 0.1) is 0 Å². The van der Waals surface area contributed by atoms with Crippen molar-refractivity contribution in [3.05, 3.63) is 0 Å². The standard InChI is InChI=1S/C18H38O5SSi/c1-5-8-12-21-25(22-13-9-6-2,23-14-10-7-3)16-11-15-24-18(19)17-20-4/h5-17H2,1-4H3. The average molecular weight is 395 g/mol. The van der Waals surface area contributed by atoms with E-state index in [-0.39, 0.29) is 11.7 Å². The van der Waals surface area contributed by atoms with E-state index >= 15 is 0 Å². The molecule has 0 atom stereocenters. The molecule has 7 heteroatoms. The van der Waals surface area contributed by atoms with Gasteiger partial charge in [0.1, 0.15) is 6.61 Å². The molecule has 0 aliphatic heterocycles. The van der Waals surface area contributed by atoms with E-state index in [0.29, 0.717) is 19.8 Å². The maximum absolute atomic E-state index is 11.6. The van der Waals surface area contributed by atoms with Crippen LogP contribution < -0.4 is 0 Å². The Hall–Kier alpha value is 0.0769. The van der Waals surface area contributed by atoms with Crippen LogP contribution in [0.25, 0.3) is 0 Å². The molecule has 0 radical (unpaired) electrons. The van der Waals surface area contributed by atoms with Gasteiger partial charge in [0.2, 0.25) is 5.12 Å². The van der Waals surface area contributed by atoms with Gasteiger partial charge in [-0.05, 0) is 25.7 Å². The van der Waals surface area contributed by atoms with Crippen LogP contribution in [0.15, 0.2) is 0 Å². The number of unbranched alkanes of at least 4 members (excludes halogenated alkanes) is 3. The van der Waals surface area contributed by atoms with Gasteiger partial charge in [0, 0.05) is 38.7 Å². The van der Waals surface area contributed by atoms with E-state index in [4.69, 9.17) is 18.0 Å². The summed E-state index contributed by atoms with van der Waals surface area (Å²) in [6.45, 7) is 8.70. The summed E-state index contributed by atoms with van der Waals surface area (Å²) in [5.41, 5.74) is 0. The van der Waals surface area contributed by atoms with Crippen molar-refractivity contribution in [2.75, 3.05) is 39.3 Å². The summed E-state index contributed by atoms with van der Waals surface area (Å²) in [4.78, 5) is 11.6. The third-order valence-corrected chi connectivity index (χ3v) is 7.44. The molecular formula is C18H38O5SSi. The molecule has 0 amide bonds. The van der Waals surface area contributed by atoms with E-state index in [1.807, 2.05) is 0 Å². The summed E-state index contributed by atoms with van der Waals surface area (Å²) in [5, 5.41) is 0.0699. The Labute approximate surface area is 159 Å². The topological polar surface area (TPSA) is 54.0 Å². The van der Waals surface area contributed by atoms with Crippen LogP contribution in [0.3, 0.4) is 0 Å². The summed E-state index contributed by atoms with van der Waals surface area (Å²) in [6, 6.07) is 0.775. The molecule has 150 valence electrons. The number of carbonyl (C=O) groups is 1. The van der Waals surface area contributed by atoms with Crippen molar-refractivity contribution in [1.82, 2.24) is 0 Å². The quantitative estimate of drug-likeness (QED) is 0.249. The summed E-state index contributed by atoms with van der Waals surface area (Å²) in [7, 11) is -1.11. The highest BCUT2D eigenvalue weighted by atomic mass is 32.2. The third-order valence-electron chi connectivity index (χ3n) is 3.61. The minimum absolute atomic E-state index is 0.0699. The smallest absolute Gasteiger partial charge is 0.376 e. The zero-order chi connectivity index (χ0) is 18.8. The van der Waals surface area contributed by atoms with Crippen LogP contribution in [0.5, 0.6) is 0 Å². The Kier molecular flexibility index (Phi) is 17.5. The zero-order valence-corrected chi connectivity index (χ0v) is 18.5. The van der Waals surface area contributed by atoms with Gasteiger partial charge in [-0.2, -0.15) is 0 Å². The maximum atomic E-state index is 11.6. The molecule has 0 aliphatic rings. The first-order chi connectivity index (χ1) is 12.1. The van der Waals surface area contributed by atoms with Gasteiger partial charge in [-0.15, -0.1) is 0 Å². The molecule has 0 aliphatic carbocycles. The van der Waals surface area contributed by atoms with Crippen molar-refractivity contribution in [3.8, 4) is 0 Å². The van der Waals surface area contributed by atoms with E-state index in [2.05, 4.69) is 20.8 Å². The molecule has 0 N–H and O–H groups in total. The Morgan fingerprint density at radius 1 is 0.840 bits per heavy atom. The van der Waals surface area contributed by atoms with E-state index in [0.717, 1.165) is 56.7 Å². The fourth-order valence-electron chi connectivity index (χ4n) is 2.09. The number of hydrogen-bond acceptors (Lipinski definition) is 6. The molecule has 0 aromatic heterocycles. The van der Waals surface area contributed by atoms with Crippen molar-refractivity contribution in [3.63, 3.8) is 0 Å². The van der Waals surface area contributed by atoms with Gasteiger partial charge in [0.05, 0.1) is 0 Å². The summed E-state index contributed by atoms with van der Waals surface area (Å²) in [5.74, 6) is 0.752. The molecule has 0 rings (SSSR count). The number of ether oxygens (including phenoxy) is 1. The molecule has 0 bridgehead atoms. The van der Waals surface area contributed by atoms with Gasteiger partial charge in [0.25, 0.3) is 0 Å². The highest BCUT2D eigenvalue weighted by molar-refractivity contribution is 8.13. The second-order valence-electron chi connectivity index (χ2n) is 6.05. The van der Waals surface area contributed by atoms with Crippen LogP contribution in [-0.2, 0) is 22.8 Å². The fourth-order valence-corrected chi connectivity index (χ4v) is 5.72. The van der Waals surface area contributed by atoms with E-state index in [1.54, 1.807) is 7.11 Å². The molecule has 0 spiro atoms. The highest BCUT2D eigenvalue weighted by Crippen LogP contribution is 2.22. The fraction of sp³-hybridized carbons (Fsp3) is 0.944. The highest BCUT2D eigenvalue weighted by Gasteiger charge is 2.40. The number of methoxy groups -OCH3 is 1. The first-order valence-electron chi connectivity index (χ1n) is 9.70. The van der Waals surface area contributed by atoms with Crippen LogP contribution in [-0.4, -0.2) is 53.2 Å². The maximum Gasteiger partial charge on any atom is 0.500 e. The normalized spacial score (nSPS) is 11.8. The summed E-state index contributed by atoms with van der Waals surface area (Å²) in [6.07, 6.45) is 7.19. The SMILES string of the molecule is CCCCO[Si](CCCSC(=O)COC)(OCCCC)OCCCC. The van der Waals surface area contributed by atoms with Gasteiger partial charge in [-0.1, -0.05) is 51.8 Å². The predicted molar refractivity (Wildman–Crippen MR) is 107 cm³/mol. The van der Waals surface area contributed by atoms with Crippen LogP contribution >= 0.6 is 11.8 Å². The molecular weight excluding hydrogens is 356 g/mol. The second kappa shape index (κ2) is 17.5. The van der Waals surface area contributed by atoms with Gasteiger partial charge in [-0.25, -0.2) is 0 Å².